The number of ether oxygens (including phenoxy) is 2. The number of thiazole rings is 1. The van der Waals surface area contributed by atoms with Crippen molar-refractivity contribution >= 4 is 61.6 Å². The number of urea groups is 1. The van der Waals surface area contributed by atoms with Crippen LogP contribution in [0.15, 0.2) is 72.9 Å². The van der Waals surface area contributed by atoms with Gasteiger partial charge in [-0.15, -0.1) is 0 Å². The summed E-state index contributed by atoms with van der Waals surface area (Å²) in [4.78, 5) is 30.7. The first-order valence-electron chi connectivity index (χ1n) is 14.0. The molecule has 230 valence electrons. The fourth-order valence-corrected chi connectivity index (χ4v) is 5.83. The number of hydrogen-bond acceptors (Lipinski definition) is 8. The molecule has 3 aromatic carbocycles. The van der Waals surface area contributed by atoms with Crippen LogP contribution in [0, 0.1) is 0 Å². The van der Waals surface area contributed by atoms with E-state index in [4.69, 9.17) is 26.2 Å². The number of nitrogens with zero attached hydrogens (tertiary/aromatic N) is 4. The largest absolute Gasteiger partial charge is 0.506 e. The number of imidazole rings is 1. The van der Waals surface area contributed by atoms with Crippen LogP contribution in [0.1, 0.15) is 43.9 Å². The molecular formula is C32H29ClN6O5S. The van der Waals surface area contributed by atoms with Crippen LogP contribution in [0.25, 0.3) is 20.9 Å². The number of para-hydroxylation sites is 2. The van der Waals surface area contributed by atoms with Crippen LogP contribution in [0.5, 0.6) is 17.2 Å². The number of aromatic hydroxyl groups is 1. The highest BCUT2D eigenvalue weighted by Gasteiger charge is 2.23. The highest BCUT2D eigenvalue weighted by molar-refractivity contribution is 7.23. The molecule has 0 saturated carbocycles. The third-order valence-electron chi connectivity index (χ3n) is 6.85. The molecule has 0 bridgehead atoms. The van der Waals surface area contributed by atoms with Crippen LogP contribution in [0.2, 0.25) is 5.02 Å². The molecular weight excluding hydrogens is 616 g/mol. The van der Waals surface area contributed by atoms with Crippen molar-refractivity contribution in [3.63, 3.8) is 0 Å². The maximum Gasteiger partial charge on any atom is 0.357 e. The lowest BCUT2D eigenvalue weighted by Gasteiger charge is -2.14. The number of fused-ring (bicyclic) bond motifs is 3. The van der Waals surface area contributed by atoms with Crippen molar-refractivity contribution in [1.82, 2.24) is 19.2 Å². The molecule has 0 aliphatic rings. The van der Waals surface area contributed by atoms with Gasteiger partial charge in [0.2, 0.25) is 0 Å². The number of phenolic OH excluding ortho intramolecular Hbond substituents is 1. The lowest BCUT2D eigenvalue weighted by Crippen LogP contribution is -2.21. The van der Waals surface area contributed by atoms with Gasteiger partial charge in [0.15, 0.2) is 16.4 Å². The molecule has 2 amide bonds. The highest BCUT2D eigenvalue weighted by atomic mass is 35.5. The Morgan fingerprint density at radius 3 is 2.60 bits per heavy atom. The van der Waals surface area contributed by atoms with Crippen molar-refractivity contribution in [3.05, 3.63) is 89.3 Å². The molecule has 13 heteroatoms. The van der Waals surface area contributed by atoms with Gasteiger partial charge in [0.05, 0.1) is 45.1 Å². The molecule has 11 nitrogen and oxygen atoms in total. The summed E-state index contributed by atoms with van der Waals surface area (Å²) in [6.07, 6.45) is 1.51. The number of esters is 1. The topological polar surface area (TPSA) is 132 Å². The summed E-state index contributed by atoms with van der Waals surface area (Å²) >= 11 is 7.58. The molecule has 3 N–H and O–H groups in total. The Kier molecular flexibility index (Phi) is 7.85. The van der Waals surface area contributed by atoms with E-state index >= 15 is 0 Å². The normalized spacial score (nSPS) is 11.6. The first-order chi connectivity index (χ1) is 21.5. The molecule has 0 radical (unpaired) electrons. The Morgan fingerprint density at radius 2 is 1.84 bits per heavy atom. The number of anilines is 2. The first-order valence-corrected chi connectivity index (χ1v) is 15.2. The number of benzene rings is 3. The molecule has 0 fully saturated rings. The lowest BCUT2D eigenvalue weighted by molar-refractivity contribution is 0.0518. The number of hydrogen-bond donors (Lipinski definition) is 3. The van der Waals surface area contributed by atoms with Crippen molar-refractivity contribution in [1.29, 1.82) is 0 Å². The van der Waals surface area contributed by atoms with Gasteiger partial charge in [0, 0.05) is 17.5 Å². The Morgan fingerprint density at radius 1 is 1.04 bits per heavy atom. The minimum atomic E-state index is -0.515. The molecule has 0 unspecified atom stereocenters. The number of carbonyl (C=O) groups is 2. The Balaban J connectivity index is 1.24. The minimum absolute atomic E-state index is 0.0539. The van der Waals surface area contributed by atoms with Crippen molar-refractivity contribution < 1.29 is 24.2 Å². The molecule has 0 spiro atoms. The van der Waals surface area contributed by atoms with Crippen molar-refractivity contribution in [3.8, 4) is 22.9 Å². The van der Waals surface area contributed by atoms with Crippen LogP contribution < -0.4 is 15.4 Å². The number of amides is 2. The molecule has 0 aliphatic carbocycles. The minimum Gasteiger partial charge on any atom is -0.506 e. The Hall–Kier alpha value is -5.07. The van der Waals surface area contributed by atoms with Gasteiger partial charge < -0.3 is 19.9 Å². The summed E-state index contributed by atoms with van der Waals surface area (Å²) in [6, 6.07) is 18.6. The number of rotatable bonds is 7. The molecule has 0 saturated heterocycles. The summed E-state index contributed by atoms with van der Waals surface area (Å²) in [5.41, 5.74) is 2.61. The van der Waals surface area contributed by atoms with Crippen molar-refractivity contribution in [2.45, 2.75) is 33.1 Å². The van der Waals surface area contributed by atoms with E-state index in [-0.39, 0.29) is 22.8 Å². The number of halogens is 1. The van der Waals surface area contributed by atoms with Gasteiger partial charge in [0.25, 0.3) is 0 Å². The summed E-state index contributed by atoms with van der Waals surface area (Å²) in [6.45, 7) is 8.09. The smallest absolute Gasteiger partial charge is 0.357 e. The first kappa shape index (κ1) is 30.0. The Labute approximate surface area is 267 Å². The van der Waals surface area contributed by atoms with E-state index in [0.29, 0.717) is 39.3 Å². The van der Waals surface area contributed by atoms with Gasteiger partial charge in [-0.2, -0.15) is 5.10 Å². The molecule has 0 atom stereocenters. The number of carbonyl (C=O) groups excluding carboxylic acids is 2. The fraction of sp³-hybridized carbons (Fsp3) is 0.188. The zero-order valence-electron chi connectivity index (χ0n) is 24.8. The predicted octanol–water partition coefficient (Wildman–Crippen LogP) is 8.00. The van der Waals surface area contributed by atoms with E-state index in [9.17, 15) is 14.7 Å². The quantitative estimate of drug-likeness (QED) is 0.150. The standard InChI is InChI=1S/C32H29ClN6O5S/c1-5-43-29(41)23-17-34-31-38(23)22-12-11-19(15-26(22)45-31)44-25-9-7-6-8-21(25)35-30(42)36-28-16-27(32(2,3)4)37-39(28)18-10-13-24(40)20(33)14-18/h6-17,40H,5H2,1-4H3,(H2,35,36,42). The van der Waals surface area contributed by atoms with E-state index < -0.39 is 12.0 Å². The molecule has 6 aromatic rings. The predicted molar refractivity (Wildman–Crippen MR) is 175 cm³/mol. The second-order valence-corrected chi connectivity index (χ2v) is 12.5. The van der Waals surface area contributed by atoms with Gasteiger partial charge in [-0.05, 0) is 49.4 Å². The zero-order valence-corrected chi connectivity index (χ0v) is 26.4. The number of aromatic nitrogens is 4. The number of nitrogens with one attached hydrogen (secondary N) is 2. The maximum absolute atomic E-state index is 13.3. The van der Waals surface area contributed by atoms with E-state index in [1.54, 1.807) is 64.5 Å². The van der Waals surface area contributed by atoms with E-state index in [0.717, 1.165) is 15.9 Å². The van der Waals surface area contributed by atoms with E-state index in [1.807, 2.05) is 32.9 Å². The summed E-state index contributed by atoms with van der Waals surface area (Å²) < 4.78 is 15.6. The molecule has 45 heavy (non-hydrogen) atoms. The van der Waals surface area contributed by atoms with Gasteiger partial charge >= 0.3 is 12.0 Å². The SMILES string of the molecule is CCOC(=O)c1cnc2sc3cc(Oc4ccccc4NC(=O)Nc4cc(C(C)(C)C)nn4-c4ccc(O)c(Cl)c4)ccc3n12. The van der Waals surface area contributed by atoms with Crippen LogP contribution in [-0.2, 0) is 10.2 Å². The lowest BCUT2D eigenvalue weighted by atomic mass is 9.92. The average molecular weight is 645 g/mol. The van der Waals surface area contributed by atoms with Crippen LogP contribution >= 0.6 is 22.9 Å². The monoisotopic (exact) mass is 644 g/mol. The van der Waals surface area contributed by atoms with E-state index in [1.165, 1.54) is 23.6 Å². The molecule has 0 aliphatic heterocycles. The summed E-state index contributed by atoms with van der Waals surface area (Å²) in [7, 11) is 0. The Bertz CT molecular complexity index is 2080. The van der Waals surface area contributed by atoms with Gasteiger partial charge in [-0.3, -0.25) is 9.72 Å². The fourth-order valence-electron chi connectivity index (χ4n) is 4.63. The van der Waals surface area contributed by atoms with Crippen molar-refractivity contribution in [2.24, 2.45) is 0 Å². The molecule has 3 aromatic heterocycles. The highest BCUT2D eigenvalue weighted by Crippen LogP contribution is 2.35. The second-order valence-electron chi connectivity index (χ2n) is 11.1. The van der Waals surface area contributed by atoms with E-state index in [2.05, 4.69) is 15.6 Å². The summed E-state index contributed by atoms with van der Waals surface area (Å²) in [5, 5.41) is 20.5. The average Bonchev–Trinajstić information content (AvgIpc) is 3.69. The zero-order chi connectivity index (χ0) is 31.9. The van der Waals surface area contributed by atoms with Gasteiger partial charge in [-0.1, -0.05) is 55.8 Å². The van der Waals surface area contributed by atoms with Gasteiger partial charge in [0.1, 0.15) is 17.3 Å². The van der Waals surface area contributed by atoms with Crippen LogP contribution in [0.3, 0.4) is 0 Å². The second kappa shape index (κ2) is 11.8. The summed E-state index contributed by atoms with van der Waals surface area (Å²) in [5.74, 6) is 0.883. The van der Waals surface area contributed by atoms with Crippen LogP contribution in [0.4, 0.5) is 16.3 Å². The number of phenols is 1. The van der Waals surface area contributed by atoms with Crippen LogP contribution in [-0.4, -0.2) is 42.9 Å². The third-order valence-corrected chi connectivity index (χ3v) is 8.17. The third kappa shape index (κ3) is 6.02. The van der Waals surface area contributed by atoms with Crippen molar-refractivity contribution in [2.75, 3.05) is 17.2 Å². The molecule has 6 rings (SSSR count). The molecule has 3 heterocycles. The maximum atomic E-state index is 13.3. The van der Waals surface area contributed by atoms with Gasteiger partial charge in [-0.25, -0.2) is 19.3 Å².